The van der Waals surface area contributed by atoms with Crippen LogP contribution in [0.2, 0.25) is 0 Å². The maximum absolute atomic E-state index is 11.3. The molecule has 1 aromatic carbocycles. The predicted molar refractivity (Wildman–Crippen MR) is 80.6 cm³/mol. The van der Waals surface area contributed by atoms with Crippen molar-refractivity contribution in [2.45, 2.75) is 12.5 Å². The monoisotopic (exact) mass is 288 g/mol. The van der Waals surface area contributed by atoms with Gasteiger partial charge in [0.25, 0.3) is 0 Å². The Balaban J connectivity index is 1.94. The lowest BCUT2D eigenvalue weighted by Gasteiger charge is -2.21. The van der Waals surface area contributed by atoms with Crippen molar-refractivity contribution in [1.29, 1.82) is 0 Å². The van der Waals surface area contributed by atoms with Crippen LogP contribution in [0.4, 0.5) is 5.13 Å². The van der Waals surface area contributed by atoms with E-state index in [-0.39, 0.29) is 0 Å². The number of benzene rings is 1. The maximum atomic E-state index is 11.3. The fraction of sp³-hybridized carbons (Fsp3) is 0.333. The molecule has 1 saturated heterocycles. The van der Waals surface area contributed by atoms with Crippen molar-refractivity contribution in [2.75, 3.05) is 25.2 Å². The Kier molecular flexibility index (Phi) is 3.80. The first-order valence-electron chi connectivity index (χ1n) is 6.61. The molecule has 1 aromatic heterocycles. The first-order valence-corrected chi connectivity index (χ1v) is 7.43. The first-order chi connectivity index (χ1) is 9.79. The average Bonchev–Trinajstić information content (AvgIpc) is 3.17. The van der Waals surface area contributed by atoms with E-state index in [1.54, 1.807) is 0 Å². The molecule has 1 aliphatic rings. The molecule has 0 aliphatic carbocycles. The summed E-state index contributed by atoms with van der Waals surface area (Å²) < 4.78 is 5.41. The minimum atomic E-state index is 0.351. The van der Waals surface area contributed by atoms with Gasteiger partial charge in [0.05, 0.1) is 23.2 Å². The summed E-state index contributed by atoms with van der Waals surface area (Å²) in [6, 6.07) is 10.2. The Morgan fingerprint density at radius 2 is 2.20 bits per heavy atom. The molecule has 2 aromatic rings. The number of likely N-dealkylation sites (N-methyl/N-ethyl adjacent to an activating group) is 1. The number of ether oxygens (including phenoxy) is 1. The zero-order valence-corrected chi connectivity index (χ0v) is 12.1. The number of carbonyl (C=O) groups excluding carboxylic acids is 1. The highest BCUT2D eigenvalue weighted by Crippen LogP contribution is 2.33. The lowest BCUT2D eigenvalue weighted by Crippen LogP contribution is -2.31. The van der Waals surface area contributed by atoms with Gasteiger partial charge in [-0.3, -0.25) is 4.79 Å². The molecule has 0 saturated carbocycles. The molecule has 20 heavy (non-hydrogen) atoms. The number of carbonyl (C=O) groups is 1. The summed E-state index contributed by atoms with van der Waals surface area (Å²) in [6.07, 6.45) is 1.90. The van der Waals surface area contributed by atoms with Crippen molar-refractivity contribution >= 4 is 22.8 Å². The summed E-state index contributed by atoms with van der Waals surface area (Å²) in [5, 5.41) is 0.876. The molecule has 0 spiro atoms. The Hall–Kier alpha value is -1.72. The number of aromatic nitrogens is 1. The largest absolute Gasteiger partial charge is 0.379 e. The fourth-order valence-electron chi connectivity index (χ4n) is 2.34. The molecule has 104 valence electrons. The van der Waals surface area contributed by atoms with Gasteiger partial charge in [-0.1, -0.05) is 41.7 Å². The smallest absolute Gasteiger partial charge is 0.186 e. The Labute approximate surface area is 122 Å². The van der Waals surface area contributed by atoms with Crippen LogP contribution in [-0.2, 0) is 4.74 Å². The summed E-state index contributed by atoms with van der Waals surface area (Å²) in [5.74, 6) is 0. The Bertz CT molecular complexity index is 591. The van der Waals surface area contributed by atoms with E-state index in [1.165, 1.54) is 11.3 Å². The van der Waals surface area contributed by atoms with Crippen molar-refractivity contribution in [1.82, 2.24) is 4.98 Å². The van der Waals surface area contributed by atoms with E-state index < -0.39 is 0 Å². The SMILES string of the molecule is CN(c1nc(-c2ccccc2)c(C=O)s1)C1CCOC1. The normalized spacial score (nSPS) is 18.1. The van der Waals surface area contributed by atoms with Crippen LogP contribution in [0.5, 0.6) is 0 Å². The van der Waals surface area contributed by atoms with E-state index in [0.29, 0.717) is 10.9 Å². The van der Waals surface area contributed by atoms with Crippen LogP contribution in [0, 0.1) is 0 Å². The van der Waals surface area contributed by atoms with Gasteiger partial charge in [0.2, 0.25) is 0 Å². The zero-order valence-electron chi connectivity index (χ0n) is 11.3. The molecule has 1 atom stereocenters. The minimum Gasteiger partial charge on any atom is -0.379 e. The van der Waals surface area contributed by atoms with Gasteiger partial charge in [-0.25, -0.2) is 4.98 Å². The van der Waals surface area contributed by atoms with Crippen molar-refractivity contribution in [3.05, 3.63) is 35.2 Å². The molecule has 1 aliphatic heterocycles. The van der Waals surface area contributed by atoms with Crippen LogP contribution in [0.1, 0.15) is 16.1 Å². The highest BCUT2D eigenvalue weighted by molar-refractivity contribution is 7.17. The number of hydrogen-bond donors (Lipinski definition) is 0. The van der Waals surface area contributed by atoms with Crippen LogP contribution in [0.3, 0.4) is 0 Å². The number of thiazole rings is 1. The van der Waals surface area contributed by atoms with Crippen molar-refractivity contribution in [3.63, 3.8) is 0 Å². The van der Waals surface area contributed by atoms with Gasteiger partial charge in [0.1, 0.15) is 0 Å². The second-order valence-corrected chi connectivity index (χ2v) is 5.83. The molecular weight excluding hydrogens is 272 g/mol. The number of nitrogens with zero attached hydrogens (tertiary/aromatic N) is 2. The number of rotatable bonds is 4. The van der Waals surface area contributed by atoms with Crippen LogP contribution >= 0.6 is 11.3 Å². The highest BCUT2D eigenvalue weighted by atomic mass is 32.1. The van der Waals surface area contributed by atoms with E-state index >= 15 is 0 Å². The maximum Gasteiger partial charge on any atom is 0.186 e. The zero-order chi connectivity index (χ0) is 13.9. The van der Waals surface area contributed by atoms with E-state index in [4.69, 9.17) is 4.74 Å². The third kappa shape index (κ3) is 2.46. The molecule has 1 fully saturated rings. The molecule has 3 rings (SSSR count). The summed E-state index contributed by atoms with van der Waals surface area (Å²) in [5.41, 5.74) is 1.75. The summed E-state index contributed by atoms with van der Waals surface area (Å²) in [4.78, 5) is 18.7. The standard InChI is InChI=1S/C15H16N2O2S/c1-17(12-7-8-19-10-12)15-16-14(13(9-18)20-15)11-5-3-2-4-6-11/h2-6,9,12H,7-8,10H2,1H3. The van der Waals surface area contributed by atoms with Crippen LogP contribution in [0.25, 0.3) is 11.3 Å². The van der Waals surface area contributed by atoms with Gasteiger partial charge in [-0.05, 0) is 6.42 Å². The Morgan fingerprint density at radius 3 is 2.85 bits per heavy atom. The molecule has 4 nitrogen and oxygen atoms in total. The molecule has 0 amide bonds. The number of aldehydes is 1. The summed E-state index contributed by atoms with van der Waals surface area (Å²) in [7, 11) is 2.02. The van der Waals surface area contributed by atoms with E-state index in [1.807, 2.05) is 37.4 Å². The second kappa shape index (κ2) is 5.73. The van der Waals surface area contributed by atoms with Crippen molar-refractivity contribution < 1.29 is 9.53 Å². The third-order valence-electron chi connectivity index (χ3n) is 3.55. The molecule has 0 N–H and O–H groups in total. The van der Waals surface area contributed by atoms with Crippen LogP contribution < -0.4 is 4.90 Å². The predicted octanol–water partition coefficient (Wildman–Crippen LogP) is 2.85. The average molecular weight is 288 g/mol. The van der Waals surface area contributed by atoms with Gasteiger partial charge in [-0.2, -0.15) is 0 Å². The van der Waals surface area contributed by atoms with Gasteiger partial charge < -0.3 is 9.64 Å². The highest BCUT2D eigenvalue weighted by Gasteiger charge is 2.24. The molecule has 0 bridgehead atoms. The Morgan fingerprint density at radius 1 is 1.40 bits per heavy atom. The topological polar surface area (TPSA) is 42.4 Å². The molecule has 5 heteroatoms. The van der Waals surface area contributed by atoms with E-state index in [0.717, 1.165) is 42.3 Å². The lowest BCUT2D eigenvalue weighted by atomic mass is 10.1. The van der Waals surface area contributed by atoms with Crippen molar-refractivity contribution in [2.24, 2.45) is 0 Å². The minimum absolute atomic E-state index is 0.351. The molecule has 2 heterocycles. The first kappa shape index (κ1) is 13.3. The van der Waals surface area contributed by atoms with Gasteiger partial charge in [0.15, 0.2) is 11.4 Å². The summed E-state index contributed by atoms with van der Waals surface area (Å²) in [6.45, 7) is 1.53. The molecule has 0 radical (unpaired) electrons. The molecule has 1 unspecified atom stereocenters. The fourth-order valence-corrected chi connectivity index (χ4v) is 3.27. The van der Waals surface area contributed by atoms with Crippen molar-refractivity contribution in [3.8, 4) is 11.3 Å². The summed E-state index contributed by atoms with van der Waals surface area (Å²) >= 11 is 1.44. The quantitative estimate of drug-likeness (QED) is 0.811. The lowest BCUT2D eigenvalue weighted by molar-refractivity contribution is 0.112. The molecular formula is C15H16N2O2S. The van der Waals surface area contributed by atoms with Gasteiger partial charge in [-0.15, -0.1) is 0 Å². The van der Waals surface area contributed by atoms with E-state index in [2.05, 4.69) is 9.88 Å². The van der Waals surface area contributed by atoms with Crippen LogP contribution in [0.15, 0.2) is 30.3 Å². The van der Waals surface area contributed by atoms with Gasteiger partial charge in [0, 0.05) is 19.2 Å². The number of hydrogen-bond acceptors (Lipinski definition) is 5. The third-order valence-corrected chi connectivity index (χ3v) is 4.62. The van der Waals surface area contributed by atoms with E-state index in [9.17, 15) is 4.79 Å². The van der Waals surface area contributed by atoms with Crippen LogP contribution in [-0.4, -0.2) is 37.6 Å². The number of anilines is 1. The second-order valence-electron chi connectivity index (χ2n) is 4.82. The van der Waals surface area contributed by atoms with Gasteiger partial charge >= 0.3 is 0 Å².